The van der Waals surface area contributed by atoms with Crippen molar-refractivity contribution in [1.82, 2.24) is 14.5 Å². The molecule has 6 heteroatoms. The van der Waals surface area contributed by atoms with Crippen molar-refractivity contribution in [3.05, 3.63) is 77.5 Å². The highest BCUT2D eigenvalue weighted by Gasteiger charge is 2.15. The van der Waals surface area contributed by atoms with Crippen molar-refractivity contribution in [2.75, 3.05) is 19.9 Å². The van der Waals surface area contributed by atoms with Crippen LogP contribution in [0.25, 0.3) is 16.6 Å². The zero-order valence-corrected chi connectivity index (χ0v) is 19.6. The first-order valence-corrected chi connectivity index (χ1v) is 11.2. The summed E-state index contributed by atoms with van der Waals surface area (Å²) in [5.41, 5.74) is 5.24. The van der Waals surface area contributed by atoms with E-state index in [1.807, 2.05) is 25.3 Å². The van der Waals surface area contributed by atoms with Crippen molar-refractivity contribution in [3.63, 3.8) is 0 Å². The van der Waals surface area contributed by atoms with Crippen LogP contribution in [0.2, 0.25) is 0 Å². The Hall–Kier alpha value is -2.99. The quantitative estimate of drug-likeness (QED) is 0.193. The molecule has 162 valence electrons. The minimum atomic E-state index is 0.753. The minimum Gasteiger partial charge on any atom is -0.501 e. The normalized spacial score (nSPS) is 12.3. The lowest BCUT2D eigenvalue weighted by Crippen LogP contribution is -2.07. The van der Waals surface area contributed by atoms with Gasteiger partial charge in [0.1, 0.15) is 11.3 Å². The summed E-state index contributed by atoms with van der Waals surface area (Å²) >= 11 is 1.78. The van der Waals surface area contributed by atoms with Gasteiger partial charge in [-0.2, -0.15) is 0 Å². The van der Waals surface area contributed by atoms with Gasteiger partial charge in [-0.15, -0.1) is 11.8 Å². The van der Waals surface area contributed by atoms with Crippen molar-refractivity contribution in [1.29, 1.82) is 0 Å². The molecule has 3 aromatic rings. The number of hydrogen-bond donors (Lipinski definition) is 0. The first kappa shape index (κ1) is 22.7. The maximum atomic E-state index is 11.3. The summed E-state index contributed by atoms with van der Waals surface area (Å²) < 4.78 is 7.63. The van der Waals surface area contributed by atoms with Crippen LogP contribution in [0, 0.1) is 6.92 Å². The van der Waals surface area contributed by atoms with Gasteiger partial charge in [-0.05, 0) is 48.9 Å². The molecule has 0 N–H and O–H groups in total. The molecule has 0 unspecified atom stereocenters. The van der Waals surface area contributed by atoms with E-state index in [4.69, 9.17) is 9.72 Å². The van der Waals surface area contributed by atoms with Crippen LogP contribution >= 0.6 is 11.8 Å². The van der Waals surface area contributed by atoms with Gasteiger partial charge in [0.2, 0.25) is 6.41 Å². The van der Waals surface area contributed by atoms with Gasteiger partial charge in [0.15, 0.2) is 0 Å². The third kappa shape index (κ3) is 5.39. The number of carbonyl (C=O) groups is 1. The van der Waals surface area contributed by atoms with E-state index < -0.39 is 0 Å². The molecule has 5 nitrogen and oxygen atoms in total. The van der Waals surface area contributed by atoms with E-state index in [0.717, 1.165) is 57.4 Å². The number of amides is 1. The van der Waals surface area contributed by atoms with Crippen LogP contribution in [0.5, 0.6) is 0 Å². The van der Waals surface area contributed by atoms with E-state index in [0.29, 0.717) is 0 Å². The van der Waals surface area contributed by atoms with E-state index in [1.54, 1.807) is 25.9 Å². The second-order valence-electron chi connectivity index (χ2n) is 7.32. The van der Waals surface area contributed by atoms with Gasteiger partial charge in [-0.3, -0.25) is 4.79 Å². The summed E-state index contributed by atoms with van der Waals surface area (Å²) in [6.07, 6.45) is 4.56. The average molecular weight is 436 g/mol. The van der Waals surface area contributed by atoms with E-state index in [9.17, 15) is 4.79 Å². The Kier molecular flexibility index (Phi) is 7.58. The molecule has 31 heavy (non-hydrogen) atoms. The highest BCUT2D eigenvalue weighted by atomic mass is 32.2. The summed E-state index contributed by atoms with van der Waals surface area (Å²) in [5.74, 6) is 2.70. The van der Waals surface area contributed by atoms with E-state index >= 15 is 0 Å². The largest absolute Gasteiger partial charge is 0.501 e. The van der Waals surface area contributed by atoms with Crippen LogP contribution < -0.4 is 0 Å². The van der Waals surface area contributed by atoms with Crippen molar-refractivity contribution in [2.24, 2.45) is 0 Å². The van der Waals surface area contributed by atoms with Crippen molar-refractivity contribution in [2.45, 2.75) is 32.2 Å². The monoisotopic (exact) mass is 435 g/mol. The van der Waals surface area contributed by atoms with Crippen LogP contribution in [-0.4, -0.2) is 40.8 Å². The zero-order chi connectivity index (χ0) is 22.4. The molecule has 0 bridgehead atoms. The Morgan fingerprint density at radius 2 is 2.00 bits per heavy atom. The van der Waals surface area contributed by atoms with Crippen LogP contribution in [0.3, 0.4) is 0 Å². The Balaban J connectivity index is 2.22. The molecule has 0 fully saturated rings. The number of hydrogen-bond acceptors (Lipinski definition) is 4. The molecular formula is C25H29N3O2S. The van der Waals surface area contributed by atoms with E-state index in [2.05, 4.69) is 54.8 Å². The number of thioether (sulfide) groups is 1. The van der Waals surface area contributed by atoms with Gasteiger partial charge in [0.25, 0.3) is 0 Å². The summed E-state index contributed by atoms with van der Waals surface area (Å²) in [4.78, 5) is 18.8. The molecule has 3 rings (SSSR count). The van der Waals surface area contributed by atoms with Crippen molar-refractivity contribution in [3.8, 4) is 0 Å². The predicted octanol–water partition coefficient (Wildman–Crippen LogP) is 5.48. The number of imidazole rings is 1. The second-order valence-corrected chi connectivity index (χ2v) is 8.63. The summed E-state index contributed by atoms with van der Waals surface area (Å²) in [6.45, 7) is 6.85. The number of allylic oxidation sites excluding steroid dienone is 3. The van der Waals surface area contributed by atoms with Gasteiger partial charge in [0, 0.05) is 30.3 Å². The van der Waals surface area contributed by atoms with Gasteiger partial charge in [-0.1, -0.05) is 37.3 Å². The standard InChI is InChI=1S/C25H29N3O2S/c1-6-31-24-14-21(22(12-18(2)30-5)16-27(4)17-29)13-23-25(24)26-19(3)28(23)15-20-10-8-7-9-11-20/h7-14,16-17H,6,15H2,1-5H3/b18-12+,22-16+. The molecule has 0 saturated carbocycles. The molecule has 1 aromatic heterocycles. The number of rotatable bonds is 9. The highest BCUT2D eigenvalue weighted by Crippen LogP contribution is 2.33. The van der Waals surface area contributed by atoms with E-state index in [1.165, 1.54) is 10.5 Å². The van der Waals surface area contributed by atoms with Crippen LogP contribution in [0.1, 0.15) is 30.8 Å². The van der Waals surface area contributed by atoms with Gasteiger partial charge < -0.3 is 14.2 Å². The van der Waals surface area contributed by atoms with Crippen LogP contribution in [0.15, 0.2) is 65.4 Å². The number of fused-ring (bicyclic) bond motifs is 1. The lowest BCUT2D eigenvalue weighted by atomic mass is 10.0. The molecule has 0 atom stereocenters. The molecule has 1 heterocycles. The summed E-state index contributed by atoms with van der Waals surface area (Å²) in [6, 6.07) is 14.7. The number of aromatic nitrogens is 2. The highest BCUT2D eigenvalue weighted by molar-refractivity contribution is 7.99. The van der Waals surface area contributed by atoms with Gasteiger partial charge >= 0.3 is 0 Å². The Morgan fingerprint density at radius 1 is 1.26 bits per heavy atom. The Bertz CT molecular complexity index is 1120. The van der Waals surface area contributed by atoms with Crippen LogP contribution in [0.4, 0.5) is 0 Å². The van der Waals surface area contributed by atoms with Crippen molar-refractivity contribution >= 4 is 34.8 Å². The SMILES string of the molecule is CCSc1cc(C(/C=C(\C)OC)=C/N(C)C=O)cc2c1nc(C)n2Cc1ccccc1. The first-order valence-electron chi connectivity index (χ1n) is 10.3. The molecule has 0 aliphatic carbocycles. The third-order valence-corrected chi connectivity index (χ3v) is 5.93. The van der Waals surface area contributed by atoms with Crippen LogP contribution in [-0.2, 0) is 16.1 Å². The lowest BCUT2D eigenvalue weighted by Gasteiger charge is -2.13. The molecule has 1 amide bonds. The predicted molar refractivity (Wildman–Crippen MR) is 129 cm³/mol. The summed E-state index contributed by atoms with van der Waals surface area (Å²) in [5, 5.41) is 0. The fourth-order valence-corrected chi connectivity index (χ4v) is 4.24. The minimum absolute atomic E-state index is 0.753. The maximum Gasteiger partial charge on any atom is 0.213 e. The summed E-state index contributed by atoms with van der Waals surface area (Å²) in [7, 11) is 3.37. The smallest absolute Gasteiger partial charge is 0.213 e. The second kappa shape index (κ2) is 10.4. The first-order chi connectivity index (χ1) is 15.0. The molecular weight excluding hydrogens is 406 g/mol. The average Bonchev–Trinajstić information content (AvgIpc) is 3.09. The lowest BCUT2D eigenvalue weighted by molar-refractivity contribution is -0.114. The molecule has 0 radical (unpaired) electrons. The van der Waals surface area contributed by atoms with Gasteiger partial charge in [-0.25, -0.2) is 4.98 Å². The number of ether oxygens (including phenoxy) is 1. The Labute approximate surface area is 188 Å². The zero-order valence-electron chi connectivity index (χ0n) is 18.8. The number of aryl methyl sites for hydroxylation is 1. The fraction of sp³-hybridized carbons (Fsp3) is 0.280. The molecule has 0 aliphatic heterocycles. The topological polar surface area (TPSA) is 47.4 Å². The van der Waals surface area contributed by atoms with Crippen molar-refractivity contribution < 1.29 is 9.53 Å². The van der Waals surface area contributed by atoms with E-state index in [-0.39, 0.29) is 0 Å². The molecule has 2 aromatic carbocycles. The Morgan fingerprint density at radius 3 is 2.65 bits per heavy atom. The third-order valence-electron chi connectivity index (χ3n) is 5.02. The maximum absolute atomic E-state index is 11.3. The number of carbonyl (C=O) groups excluding carboxylic acids is 1. The molecule has 0 aliphatic rings. The number of benzene rings is 2. The molecule has 0 spiro atoms. The number of methoxy groups -OCH3 is 1. The van der Waals surface area contributed by atoms with Gasteiger partial charge in [0.05, 0.1) is 18.4 Å². The molecule has 0 saturated heterocycles. The fourth-order valence-electron chi connectivity index (χ4n) is 3.43. The number of nitrogens with zero attached hydrogens (tertiary/aromatic N) is 3.